The molecule has 7 heteroatoms. The minimum Gasteiger partial charge on any atom is -0.399 e. The van der Waals surface area contributed by atoms with Crippen molar-refractivity contribution in [3.8, 4) is 0 Å². The normalized spacial score (nSPS) is 11.0. The van der Waals surface area contributed by atoms with Gasteiger partial charge in [-0.05, 0) is 40.3 Å². The van der Waals surface area contributed by atoms with Crippen molar-refractivity contribution in [2.45, 2.75) is 6.54 Å². The Morgan fingerprint density at radius 1 is 1.21 bits per heavy atom. The van der Waals surface area contributed by atoms with E-state index in [0.29, 0.717) is 12.4 Å². The Kier molecular flexibility index (Phi) is 2.97. The molecule has 0 aliphatic rings. The Morgan fingerprint density at radius 3 is 2.84 bits per heavy atom. The number of nitrogen functional groups attached to an aromatic ring is 2. The van der Waals surface area contributed by atoms with Gasteiger partial charge in [0.1, 0.15) is 15.8 Å². The van der Waals surface area contributed by atoms with E-state index in [9.17, 15) is 0 Å². The standard InChI is InChI=1S/C12H11IN6/c13-10-9-11(15)16-6-17-12(9)19(18-10)5-7-2-1-3-8(14)4-7/h1-4,6H,5,14H2,(H2,15,16,17). The van der Waals surface area contributed by atoms with Crippen molar-refractivity contribution in [2.75, 3.05) is 11.5 Å². The molecule has 2 heterocycles. The smallest absolute Gasteiger partial charge is 0.164 e. The zero-order chi connectivity index (χ0) is 13.4. The second-order valence-corrected chi connectivity index (χ2v) is 5.17. The van der Waals surface area contributed by atoms with Gasteiger partial charge in [-0.25, -0.2) is 14.6 Å². The van der Waals surface area contributed by atoms with Crippen molar-refractivity contribution in [3.63, 3.8) is 0 Å². The lowest BCUT2D eigenvalue weighted by atomic mass is 10.2. The highest BCUT2D eigenvalue weighted by Gasteiger charge is 2.13. The molecule has 96 valence electrons. The van der Waals surface area contributed by atoms with Gasteiger partial charge in [-0.1, -0.05) is 12.1 Å². The number of nitrogens with zero attached hydrogens (tertiary/aromatic N) is 4. The van der Waals surface area contributed by atoms with E-state index in [2.05, 4.69) is 37.7 Å². The molecule has 0 amide bonds. The van der Waals surface area contributed by atoms with Crippen molar-refractivity contribution >= 4 is 45.1 Å². The highest BCUT2D eigenvalue weighted by atomic mass is 127. The third-order valence-corrected chi connectivity index (χ3v) is 3.55. The van der Waals surface area contributed by atoms with E-state index in [-0.39, 0.29) is 0 Å². The molecule has 0 atom stereocenters. The lowest BCUT2D eigenvalue weighted by molar-refractivity contribution is 0.698. The number of nitrogens with two attached hydrogens (primary N) is 2. The monoisotopic (exact) mass is 366 g/mol. The molecule has 4 N–H and O–H groups in total. The van der Waals surface area contributed by atoms with Crippen LogP contribution in [0.3, 0.4) is 0 Å². The fraction of sp³-hybridized carbons (Fsp3) is 0.0833. The van der Waals surface area contributed by atoms with Gasteiger partial charge in [-0.2, -0.15) is 5.10 Å². The third-order valence-electron chi connectivity index (χ3n) is 2.80. The molecule has 0 spiro atoms. The van der Waals surface area contributed by atoms with Crippen molar-refractivity contribution in [2.24, 2.45) is 0 Å². The Labute approximate surface area is 123 Å². The average Bonchev–Trinajstić information content (AvgIpc) is 2.68. The van der Waals surface area contributed by atoms with Crippen LogP contribution in [0.4, 0.5) is 11.5 Å². The molecule has 19 heavy (non-hydrogen) atoms. The summed E-state index contributed by atoms with van der Waals surface area (Å²) in [4.78, 5) is 8.25. The first-order valence-electron chi connectivity index (χ1n) is 5.62. The average molecular weight is 366 g/mol. The molecule has 0 radical (unpaired) electrons. The van der Waals surface area contributed by atoms with E-state index >= 15 is 0 Å². The molecule has 0 saturated carbocycles. The molecule has 0 aliphatic heterocycles. The molecule has 0 bridgehead atoms. The van der Waals surface area contributed by atoms with Gasteiger partial charge in [-0.15, -0.1) is 0 Å². The van der Waals surface area contributed by atoms with Crippen LogP contribution >= 0.6 is 22.6 Å². The Balaban J connectivity index is 2.09. The van der Waals surface area contributed by atoms with E-state index in [4.69, 9.17) is 11.5 Å². The Hall–Kier alpha value is -1.90. The zero-order valence-electron chi connectivity index (χ0n) is 9.92. The fourth-order valence-electron chi connectivity index (χ4n) is 1.96. The number of halogens is 1. The maximum atomic E-state index is 5.86. The molecule has 0 saturated heterocycles. The van der Waals surface area contributed by atoms with Gasteiger partial charge in [-0.3, -0.25) is 0 Å². The summed E-state index contributed by atoms with van der Waals surface area (Å²) in [5.41, 5.74) is 14.2. The molecule has 3 aromatic rings. The highest BCUT2D eigenvalue weighted by Crippen LogP contribution is 2.23. The fourth-order valence-corrected chi connectivity index (χ4v) is 2.74. The van der Waals surface area contributed by atoms with E-state index in [1.165, 1.54) is 6.33 Å². The van der Waals surface area contributed by atoms with Gasteiger partial charge in [0.05, 0.1) is 11.9 Å². The van der Waals surface area contributed by atoms with Crippen LogP contribution in [0.2, 0.25) is 0 Å². The summed E-state index contributed by atoms with van der Waals surface area (Å²) in [7, 11) is 0. The van der Waals surface area contributed by atoms with Crippen molar-refractivity contribution < 1.29 is 0 Å². The number of hydrogen-bond donors (Lipinski definition) is 2. The van der Waals surface area contributed by atoms with Crippen LogP contribution < -0.4 is 11.5 Å². The summed E-state index contributed by atoms with van der Waals surface area (Å²) in [6, 6.07) is 7.70. The molecule has 0 aliphatic carbocycles. The first kappa shape index (κ1) is 12.2. The molecule has 6 nitrogen and oxygen atoms in total. The predicted molar refractivity (Wildman–Crippen MR) is 82.4 cm³/mol. The van der Waals surface area contributed by atoms with Crippen LogP contribution in [0.1, 0.15) is 5.56 Å². The molecule has 2 aromatic heterocycles. The third kappa shape index (κ3) is 2.21. The van der Waals surface area contributed by atoms with E-state index in [1.54, 1.807) is 0 Å². The molecule has 3 rings (SSSR count). The first-order chi connectivity index (χ1) is 9.15. The molecular weight excluding hydrogens is 355 g/mol. The maximum Gasteiger partial charge on any atom is 0.164 e. The summed E-state index contributed by atoms with van der Waals surface area (Å²) in [6.07, 6.45) is 1.45. The lowest BCUT2D eigenvalue weighted by Crippen LogP contribution is -2.03. The highest BCUT2D eigenvalue weighted by molar-refractivity contribution is 14.1. The lowest BCUT2D eigenvalue weighted by Gasteiger charge is -2.04. The number of benzene rings is 1. The van der Waals surface area contributed by atoms with Gasteiger partial charge in [0, 0.05) is 5.69 Å². The van der Waals surface area contributed by atoms with Crippen LogP contribution in [0.15, 0.2) is 30.6 Å². The van der Waals surface area contributed by atoms with Gasteiger partial charge in [0.15, 0.2) is 5.65 Å². The Morgan fingerprint density at radius 2 is 2.05 bits per heavy atom. The van der Waals surface area contributed by atoms with Gasteiger partial charge in [0.2, 0.25) is 0 Å². The minimum absolute atomic E-state index is 0.452. The number of fused-ring (bicyclic) bond motifs is 1. The first-order valence-corrected chi connectivity index (χ1v) is 6.70. The van der Waals surface area contributed by atoms with E-state index in [0.717, 1.165) is 26.0 Å². The number of rotatable bonds is 2. The summed E-state index contributed by atoms with van der Waals surface area (Å²) in [5.74, 6) is 0.452. The number of aromatic nitrogens is 4. The van der Waals surface area contributed by atoms with Gasteiger partial charge < -0.3 is 11.5 Å². The van der Waals surface area contributed by atoms with Crippen LogP contribution in [-0.4, -0.2) is 19.7 Å². The van der Waals surface area contributed by atoms with Crippen LogP contribution in [-0.2, 0) is 6.54 Å². The molecular formula is C12H11IN6. The number of hydrogen-bond acceptors (Lipinski definition) is 5. The van der Waals surface area contributed by atoms with E-state index < -0.39 is 0 Å². The SMILES string of the molecule is Nc1cccc(Cn2nc(I)c3c(N)ncnc32)c1. The van der Waals surface area contributed by atoms with E-state index in [1.807, 2.05) is 28.9 Å². The van der Waals surface area contributed by atoms with Crippen LogP contribution in [0, 0.1) is 3.70 Å². The minimum atomic E-state index is 0.452. The summed E-state index contributed by atoms with van der Waals surface area (Å²) in [6.45, 7) is 0.598. The molecule has 0 fully saturated rings. The zero-order valence-corrected chi connectivity index (χ0v) is 12.1. The Bertz CT molecular complexity index is 751. The quantitative estimate of drug-likeness (QED) is 0.531. The second kappa shape index (κ2) is 4.65. The summed E-state index contributed by atoms with van der Waals surface area (Å²) in [5, 5.41) is 5.25. The van der Waals surface area contributed by atoms with Crippen LogP contribution in [0.25, 0.3) is 11.0 Å². The van der Waals surface area contributed by atoms with Crippen molar-refractivity contribution in [1.29, 1.82) is 0 Å². The summed E-state index contributed by atoms with van der Waals surface area (Å²) >= 11 is 2.14. The number of anilines is 2. The second-order valence-electron chi connectivity index (χ2n) is 4.15. The molecule has 1 aromatic carbocycles. The predicted octanol–water partition coefficient (Wildman–Crippen LogP) is 1.64. The maximum absolute atomic E-state index is 5.86. The van der Waals surface area contributed by atoms with Crippen LogP contribution in [0.5, 0.6) is 0 Å². The van der Waals surface area contributed by atoms with Gasteiger partial charge in [0.25, 0.3) is 0 Å². The molecule has 0 unspecified atom stereocenters. The van der Waals surface area contributed by atoms with Crippen molar-refractivity contribution in [3.05, 3.63) is 39.9 Å². The van der Waals surface area contributed by atoms with Crippen molar-refractivity contribution in [1.82, 2.24) is 19.7 Å². The van der Waals surface area contributed by atoms with Gasteiger partial charge >= 0.3 is 0 Å². The topological polar surface area (TPSA) is 95.6 Å². The largest absolute Gasteiger partial charge is 0.399 e. The summed E-state index contributed by atoms with van der Waals surface area (Å²) < 4.78 is 2.61.